The van der Waals surface area contributed by atoms with Gasteiger partial charge in [0.25, 0.3) is 0 Å². The molecule has 0 radical (unpaired) electrons. The molecule has 2 nitrogen and oxygen atoms in total. The van der Waals surface area contributed by atoms with Crippen molar-refractivity contribution < 1.29 is 13.2 Å². The SMILES string of the molecule is NCc1c(F)cc2occc2c1F. The molecule has 0 saturated heterocycles. The zero-order valence-corrected chi connectivity index (χ0v) is 6.68. The molecule has 0 aliphatic heterocycles. The zero-order chi connectivity index (χ0) is 9.42. The molecule has 13 heavy (non-hydrogen) atoms. The van der Waals surface area contributed by atoms with E-state index in [0.29, 0.717) is 0 Å². The molecule has 68 valence electrons. The Morgan fingerprint density at radius 1 is 1.38 bits per heavy atom. The third-order valence-electron chi connectivity index (χ3n) is 1.95. The minimum Gasteiger partial charge on any atom is -0.464 e. The Balaban J connectivity index is 2.85. The minimum absolute atomic E-state index is 0.103. The highest BCUT2D eigenvalue weighted by Crippen LogP contribution is 2.24. The molecule has 0 fully saturated rings. The van der Waals surface area contributed by atoms with E-state index in [0.717, 1.165) is 6.07 Å². The molecule has 0 saturated carbocycles. The van der Waals surface area contributed by atoms with E-state index in [4.69, 9.17) is 10.2 Å². The molecule has 0 bridgehead atoms. The molecule has 2 N–H and O–H groups in total. The molecule has 1 aromatic carbocycles. The van der Waals surface area contributed by atoms with Gasteiger partial charge in [0.1, 0.15) is 17.2 Å². The number of hydrogen-bond donors (Lipinski definition) is 1. The summed E-state index contributed by atoms with van der Waals surface area (Å²) in [5.74, 6) is -1.30. The molecule has 1 heterocycles. The van der Waals surface area contributed by atoms with Crippen LogP contribution in [0.2, 0.25) is 0 Å². The minimum atomic E-state index is -0.664. The van der Waals surface area contributed by atoms with Crippen LogP contribution in [-0.2, 0) is 6.54 Å². The highest BCUT2D eigenvalue weighted by atomic mass is 19.1. The van der Waals surface area contributed by atoms with Gasteiger partial charge in [0.15, 0.2) is 0 Å². The summed E-state index contributed by atoms with van der Waals surface area (Å²) in [4.78, 5) is 0. The number of benzene rings is 1. The molecule has 2 aromatic rings. The first-order valence-electron chi connectivity index (χ1n) is 3.78. The van der Waals surface area contributed by atoms with Crippen LogP contribution in [0, 0.1) is 11.6 Å². The summed E-state index contributed by atoms with van der Waals surface area (Å²) >= 11 is 0. The molecule has 1 aromatic heterocycles. The lowest BCUT2D eigenvalue weighted by molar-refractivity contribution is 0.556. The largest absolute Gasteiger partial charge is 0.464 e. The Morgan fingerprint density at radius 2 is 2.15 bits per heavy atom. The summed E-state index contributed by atoms with van der Waals surface area (Å²) in [7, 11) is 0. The van der Waals surface area contributed by atoms with Crippen LogP contribution in [0.5, 0.6) is 0 Å². The predicted molar refractivity (Wildman–Crippen MR) is 44.0 cm³/mol. The Bertz CT molecular complexity index is 450. The molecule has 2 rings (SSSR count). The molecule has 0 aliphatic carbocycles. The van der Waals surface area contributed by atoms with E-state index >= 15 is 0 Å². The highest BCUT2D eigenvalue weighted by molar-refractivity contribution is 5.78. The van der Waals surface area contributed by atoms with Gasteiger partial charge in [-0.15, -0.1) is 0 Å². The van der Waals surface area contributed by atoms with Gasteiger partial charge in [-0.25, -0.2) is 8.78 Å². The van der Waals surface area contributed by atoms with Crippen molar-refractivity contribution in [2.24, 2.45) is 5.73 Å². The van der Waals surface area contributed by atoms with Crippen LogP contribution in [0.3, 0.4) is 0 Å². The fourth-order valence-corrected chi connectivity index (χ4v) is 1.27. The van der Waals surface area contributed by atoms with E-state index in [9.17, 15) is 8.78 Å². The van der Waals surface area contributed by atoms with Crippen molar-refractivity contribution in [2.45, 2.75) is 6.54 Å². The quantitative estimate of drug-likeness (QED) is 0.735. The van der Waals surface area contributed by atoms with E-state index in [1.807, 2.05) is 0 Å². The van der Waals surface area contributed by atoms with Crippen molar-refractivity contribution in [1.82, 2.24) is 0 Å². The Morgan fingerprint density at radius 3 is 2.85 bits per heavy atom. The number of halogens is 2. The van der Waals surface area contributed by atoms with E-state index in [-0.39, 0.29) is 23.1 Å². The summed E-state index contributed by atoms with van der Waals surface area (Å²) in [5.41, 5.74) is 5.30. The smallest absolute Gasteiger partial charge is 0.141 e. The topological polar surface area (TPSA) is 39.2 Å². The first-order chi connectivity index (χ1) is 6.24. The second kappa shape index (κ2) is 2.81. The third kappa shape index (κ3) is 1.10. The van der Waals surface area contributed by atoms with Crippen LogP contribution >= 0.6 is 0 Å². The lowest BCUT2D eigenvalue weighted by Crippen LogP contribution is -2.03. The summed E-state index contributed by atoms with van der Waals surface area (Å²) < 4.78 is 31.3. The maximum Gasteiger partial charge on any atom is 0.141 e. The number of nitrogens with two attached hydrogens (primary N) is 1. The number of fused-ring (bicyclic) bond motifs is 1. The molecule has 0 spiro atoms. The number of furan rings is 1. The van der Waals surface area contributed by atoms with Gasteiger partial charge in [-0.3, -0.25) is 0 Å². The van der Waals surface area contributed by atoms with Crippen molar-refractivity contribution in [3.63, 3.8) is 0 Å². The fourth-order valence-electron chi connectivity index (χ4n) is 1.27. The number of rotatable bonds is 1. The van der Waals surface area contributed by atoms with Crippen LogP contribution in [0.1, 0.15) is 5.56 Å². The Kier molecular flexibility index (Phi) is 1.77. The fraction of sp³-hybridized carbons (Fsp3) is 0.111. The van der Waals surface area contributed by atoms with Gasteiger partial charge in [0.2, 0.25) is 0 Å². The molecule has 0 unspecified atom stereocenters. The summed E-state index contributed by atoms with van der Waals surface area (Å²) in [6, 6.07) is 2.59. The lowest BCUT2D eigenvalue weighted by atomic mass is 10.1. The summed E-state index contributed by atoms with van der Waals surface area (Å²) in [6.07, 6.45) is 1.31. The summed E-state index contributed by atoms with van der Waals surface area (Å²) in [5, 5.41) is 0.266. The standard InChI is InChI=1S/C9H7F2NO/c10-7-3-8-5(1-2-13-8)9(11)6(7)4-12/h1-3H,4,12H2. The highest BCUT2D eigenvalue weighted by Gasteiger charge is 2.13. The van der Waals surface area contributed by atoms with Gasteiger partial charge >= 0.3 is 0 Å². The van der Waals surface area contributed by atoms with Crippen LogP contribution in [0.25, 0.3) is 11.0 Å². The van der Waals surface area contributed by atoms with Crippen molar-refractivity contribution in [2.75, 3.05) is 0 Å². The number of hydrogen-bond acceptors (Lipinski definition) is 2. The van der Waals surface area contributed by atoms with Crippen molar-refractivity contribution >= 4 is 11.0 Å². The first-order valence-corrected chi connectivity index (χ1v) is 3.78. The first kappa shape index (κ1) is 8.19. The molecular weight excluding hydrogens is 176 g/mol. The van der Waals surface area contributed by atoms with Gasteiger partial charge in [0.05, 0.1) is 11.6 Å². The molecule has 0 amide bonds. The lowest BCUT2D eigenvalue weighted by Gasteiger charge is -2.01. The van der Waals surface area contributed by atoms with Crippen molar-refractivity contribution in [3.05, 3.63) is 35.6 Å². The van der Waals surface area contributed by atoms with E-state index in [1.54, 1.807) is 0 Å². The predicted octanol–water partition coefficient (Wildman–Crippen LogP) is 2.17. The van der Waals surface area contributed by atoms with Gasteiger partial charge in [-0.05, 0) is 6.07 Å². The van der Waals surface area contributed by atoms with Gasteiger partial charge in [0, 0.05) is 18.2 Å². The second-order valence-electron chi connectivity index (χ2n) is 2.69. The van der Waals surface area contributed by atoms with Crippen LogP contribution in [0.4, 0.5) is 8.78 Å². The van der Waals surface area contributed by atoms with Gasteiger partial charge < -0.3 is 10.2 Å². The zero-order valence-electron chi connectivity index (χ0n) is 6.68. The normalized spacial score (nSPS) is 11.0. The van der Waals surface area contributed by atoms with Crippen LogP contribution < -0.4 is 5.73 Å². The van der Waals surface area contributed by atoms with Crippen molar-refractivity contribution in [1.29, 1.82) is 0 Å². The van der Waals surface area contributed by atoms with E-state index in [1.165, 1.54) is 12.3 Å². The summed E-state index contributed by atoms with van der Waals surface area (Å²) in [6.45, 7) is -0.154. The van der Waals surface area contributed by atoms with Crippen LogP contribution in [-0.4, -0.2) is 0 Å². The monoisotopic (exact) mass is 183 g/mol. The third-order valence-corrected chi connectivity index (χ3v) is 1.95. The molecule has 0 aliphatic rings. The van der Waals surface area contributed by atoms with E-state index in [2.05, 4.69) is 0 Å². The maximum atomic E-state index is 13.4. The Hall–Kier alpha value is -1.42. The Labute approximate surface area is 72.9 Å². The maximum absolute atomic E-state index is 13.4. The van der Waals surface area contributed by atoms with Gasteiger partial charge in [-0.1, -0.05) is 0 Å². The van der Waals surface area contributed by atoms with Gasteiger partial charge in [-0.2, -0.15) is 0 Å². The average Bonchev–Trinajstić information content (AvgIpc) is 2.53. The average molecular weight is 183 g/mol. The second-order valence-corrected chi connectivity index (χ2v) is 2.69. The van der Waals surface area contributed by atoms with Crippen molar-refractivity contribution in [3.8, 4) is 0 Å². The molecule has 0 atom stereocenters. The molecule has 4 heteroatoms. The van der Waals surface area contributed by atoms with Crippen LogP contribution in [0.15, 0.2) is 22.8 Å². The molecular formula is C9H7F2NO. The van der Waals surface area contributed by atoms with E-state index < -0.39 is 11.6 Å².